The summed E-state index contributed by atoms with van der Waals surface area (Å²) in [5.74, 6) is 0.435. The summed E-state index contributed by atoms with van der Waals surface area (Å²) >= 11 is 0. The van der Waals surface area contributed by atoms with Gasteiger partial charge in [-0.15, -0.1) is 0 Å². The molecule has 1 heterocycles. The lowest BCUT2D eigenvalue weighted by Crippen LogP contribution is -2.47. The van der Waals surface area contributed by atoms with Crippen molar-refractivity contribution < 1.29 is 14.3 Å². The zero-order valence-corrected chi connectivity index (χ0v) is 23.4. The molecule has 1 unspecified atom stereocenters. The Kier molecular flexibility index (Phi) is 9.42. The Hall–Kier alpha value is -4.06. The lowest BCUT2D eigenvalue weighted by atomic mass is 9.94. The third-order valence-electron chi connectivity index (χ3n) is 7.33. The number of fused-ring (bicyclic) bond motifs is 1. The van der Waals surface area contributed by atoms with Crippen LogP contribution >= 0.6 is 0 Å². The van der Waals surface area contributed by atoms with Crippen LogP contribution in [0, 0.1) is 0 Å². The van der Waals surface area contributed by atoms with Crippen molar-refractivity contribution in [1.29, 1.82) is 0 Å². The van der Waals surface area contributed by atoms with E-state index in [-0.39, 0.29) is 30.3 Å². The minimum atomic E-state index is -0.275. The maximum Gasteiger partial charge on any atom is 0.242 e. The lowest BCUT2D eigenvalue weighted by Gasteiger charge is -2.32. The summed E-state index contributed by atoms with van der Waals surface area (Å²) in [7, 11) is 1.64. The zero-order valence-electron chi connectivity index (χ0n) is 23.4. The highest BCUT2D eigenvalue weighted by Crippen LogP contribution is 2.24. The molecule has 39 heavy (non-hydrogen) atoms. The standard InChI is InChI=1S/C33H39N3O3/c1-5-29(26-11-7-6-8-12-26)33(38)36(24(2)3)23-32(37)35(22-25-15-17-28(39-4)18-16-25)20-19-27-21-34-31-14-10-9-13-30(27)31/h6-18,21,24,29,34H,5,19-20,22-23H2,1-4H3. The molecule has 0 fully saturated rings. The number of carbonyl (C=O) groups is 2. The SMILES string of the molecule is CCC(C(=O)N(CC(=O)N(CCc1c[nH]c2ccccc12)Cc1ccc(OC)cc1)C(C)C)c1ccccc1. The van der Waals surface area contributed by atoms with E-state index in [2.05, 4.69) is 17.1 Å². The molecule has 0 spiro atoms. The second kappa shape index (κ2) is 13.1. The highest BCUT2D eigenvalue weighted by atomic mass is 16.5. The molecule has 0 aliphatic heterocycles. The zero-order chi connectivity index (χ0) is 27.8. The molecule has 4 aromatic rings. The molecule has 3 aromatic carbocycles. The van der Waals surface area contributed by atoms with Crippen LogP contribution in [0.25, 0.3) is 10.9 Å². The van der Waals surface area contributed by atoms with Crippen molar-refractivity contribution in [3.05, 3.63) is 102 Å². The number of nitrogens with zero attached hydrogens (tertiary/aromatic N) is 2. The van der Waals surface area contributed by atoms with Gasteiger partial charge in [0.15, 0.2) is 0 Å². The number of methoxy groups -OCH3 is 1. The number of benzene rings is 3. The molecule has 6 nitrogen and oxygen atoms in total. The Bertz CT molecular complexity index is 1360. The fourth-order valence-corrected chi connectivity index (χ4v) is 5.04. The van der Waals surface area contributed by atoms with Crippen molar-refractivity contribution >= 4 is 22.7 Å². The normalized spacial score (nSPS) is 11.9. The van der Waals surface area contributed by atoms with Gasteiger partial charge in [-0.3, -0.25) is 9.59 Å². The Morgan fingerprint density at radius 3 is 2.28 bits per heavy atom. The minimum Gasteiger partial charge on any atom is -0.497 e. The van der Waals surface area contributed by atoms with Crippen LogP contribution in [-0.4, -0.2) is 52.8 Å². The quantitative estimate of drug-likeness (QED) is 0.240. The van der Waals surface area contributed by atoms with Crippen molar-refractivity contribution in [2.75, 3.05) is 20.2 Å². The van der Waals surface area contributed by atoms with Crippen LogP contribution in [0.5, 0.6) is 5.75 Å². The van der Waals surface area contributed by atoms with Crippen LogP contribution in [0.4, 0.5) is 0 Å². The molecule has 0 saturated heterocycles. The van der Waals surface area contributed by atoms with Crippen molar-refractivity contribution in [2.45, 2.75) is 52.1 Å². The van der Waals surface area contributed by atoms with Crippen molar-refractivity contribution in [2.24, 2.45) is 0 Å². The molecule has 4 rings (SSSR count). The predicted molar refractivity (Wildman–Crippen MR) is 157 cm³/mol. The second-order valence-electron chi connectivity index (χ2n) is 10.2. The number of ether oxygens (including phenoxy) is 1. The van der Waals surface area contributed by atoms with Crippen molar-refractivity contribution in [1.82, 2.24) is 14.8 Å². The van der Waals surface area contributed by atoms with Crippen LogP contribution in [-0.2, 0) is 22.6 Å². The van der Waals surface area contributed by atoms with E-state index in [1.165, 1.54) is 10.9 Å². The van der Waals surface area contributed by atoms with E-state index >= 15 is 0 Å². The van der Waals surface area contributed by atoms with Crippen LogP contribution in [0.3, 0.4) is 0 Å². The summed E-state index contributed by atoms with van der Waals surface area (Å²) in [6.45, 7) is 7.02. The average Bonchev–Trinajstić information content (AvgIpc) is 3.38. The topological polar surface area (TPSA) is 65.6 Å². The first-order valence-electron chi connectivity index (χ1n) is 13.7. The third-order valence-corrected chi connectivity index (χ3v) is 7.33. The summed E-state index contributed by atoms with van der Waals surface area (Å²) < 4.78 is 5.31. The molecule has 0 bridgehead atoms. The third kappa shape index (κ3) is 6.88. The number of aromatic nitrogens is 1. The maximum atomic E-state index is 13.9. The van der Waals surface area contributed by atoms with E-state index < -0.39 is 0 Å². The van der Waals surface area contributed by atoms with Crippen molar-refractivity contribution in [3.8, 4) is 5.75 Å². The van der Waals surface area contributed by atoms with E-state index in [4.69, 9.17) is 4.74 Å². The molecule has 6 heteroatoms. The number of amides is 2. The van der Waals surface area contributed by atoms with Crippen molar-refractivity contribution in [3.63, 3.8) is 0 Å². The molecular formula is C33H39N3O3. The average molecular weight is 526 g/mol. The van der Waals surface area contributed by atoms with Gasteiger partial charge in [-0.1, -0.05) is 67.6 Å². The van der Waals surface area contributed by atoms with Gasteiger partial charge >= 0.3 is 0 Å². The highest BCUT2D eigenvalue weighted by molar-refractivity contribution is 5.89. The fourth-order valence-electron chi connectivity index (χ4n) is 5.04. The van der Waals surface area contributed by atoms with Gasteiger partial charge in [0.1, 0.15) is 12.3 Å². The molecule has 1 N–H and O–H groups in total. The number of rotatable bonds is 12. The van der Waals surface area contributed by atoms with E-state index in [0.29, 0.717) is 25.9 Å². The van der Waals surface area contributed by atoms with Gasteiger partial charge in [0.2, 0.25) is 11.8 Å². The number of H-pyrrole nitrogens is 1. The van der Waals surface area contributed by atoms with Gasteiger partial charge in [0.05, 0.1) is 13.0 Å². The number of hydrogen-bond donors (Lipinski definition) is 1. The molecular weight excluding hydrogens is 486 g/mol. The van der Waals surface area contributed by atoms with Gasteiger partial charge in [0, 0.05) is 36.2 Å². The minimum absolute atomic E-state index is 0.00641. The Labute approximate surface area is 231 Å². The number of para-hydroxylation sites is 1. The number of hydrogen-bond acceptors (Lipinski definition) is 3. The summed E-state index contributed by atoms with van der Waals surface area (Å²) in [5.41, 5.74) is 4.26. The number of aromatic amines is 1. The Balaban J connectivity index is 1.55. The first-order valence-corrected chi connectivity index (χ1v) is 13.7. The highest BCUT2D eigenvalue weighted by Gasteiger charge is 2.29. The van der Waals surface area contributed by atoms with E-state index in [1.807, 2.05) is 98.6 Å². The molecule has 1 atom stereocenters. The summed E-state index contributed by atoms with van der Waals surface area (Å²) in [5, 5.41) is 1.17. The van der Waals surface area contributed by atoms with Gasteiger partial charge in [0.25, 0.3) is 0 Å². The molecule has 0 aliphatic carbocycles. The lowest BCUT2D eigenvalue weighted by molar-refractivity contribution is -0.143. The van der Waals surface area contributed by atoms with Crippen LogP contribution in [0.15, 0.2) is 85.1 Å². The first-order chi connectivity index (χ1) is 18.9. The van der Waals surface area contributed by atoms with Gasteiger partial charge in [-0.25, -0.2) is 0 Å². The van der Waals surface area contributed by atoms with Crippen LogP contribution < -0.4 is 4.74 Å². The summed E-state index contributed by atoms with van der Waals surface area (Å²) in [6.07, 6.45) is 3.41. The fraction of sp³-hybridized carbons (Fsp3) is 0.333. The van der Waals surface area contributed by atoms with Gasteiger partial charge in [-0.2, -0.15) is 0 Å². The van der Waals surface area contributed by atoms with Crippen LogP contribution in [0.2, 0.25) is 0 Å². The molecule has 204 valence electrons. The predicted octanol–water partition coefficient (Wildman–Crippen LogP) is 6.18. The molecule has 0 radical (unpaired) electrons. The number of nitrogens with one attached hydrogen (secondary N) is 1. The molecule has 2 amide bonds. The monoisotopic (exact) mass is 525 g/mol. The maximum absolute atomic E-state index is 13.9. The smallest absolute Gasteiger partial charge is 0.242 e. The molecule has 0 aliphatic rings. The van der Waals surface area contributed by atoms with E-state index in [0.717, 1.165) is 22.4 Å². The van der Waals surface area contributed by atoms with Gasteiger partial charge < -0.3 is 19.5 Å². The first kappa shape index (κ1) is 28.0. The Morgan fingerprint density at radius 1 is 0.923 bits per heavy atom. The van der Waals surface area contributed by atoms with Gasteiger partial charge in [-0.05, 0) is 61.6 Å². The molecule has 0 saturated carbocycles. The summed E-state index contributed by atoms with van der Waals surface area (Å²) in [4.78, 5) is 34.5. The van der Waals surface area contributed by atoms with Crippen LogP contribution in [0.1, 0.15) is 49.8 Å². The molecule has 1 aromatic heterocycles. The van der Waals surface area contributed by atoms with E-state index in [9.17, 15) is 9.59 Å². The summed E-state index contributed by atoms with van der Waals surface area (Å²) in [6, 6.07) is 25.7. The number of carbonyl (C=O) groups excluding carboxylic acids is 2. The largest absolute Gasteiger partial charge is 0.497 e. The second-order valence-corrected chi connectivity index (χ2v) is 10.2. The Morgan fingerprint density at radius 2 is 1.62 bits per heavy atom. The van der Waals surface area contributed by atoms with E-state index in [1.54, 1.807) is 12.0 Å².